The number of fused-ring (bicyclic) bond motifs is 1. The molecular weight excluding hydrogens is 415 g/mol. The van der Waals surface area contributed by atoms with Gasteiger partial charge in [0.25, 0.3) is 11.7 Å². The van der Waals surface area contributed by atoms with Crippen LogP contribution in [0.2, 0.25) is 0 Å². The number of aromatic amines is 1. The Morgan fingerprint density at radius 2 is 1.84 bits per heavy atom. The van der Waals surface area contributed by atoms with Crippen molar-refractivity contribution in [3.8, 4) is 0 Å². The van der Waals surface area contributed by atoms with Crippen molar-refractivity contribution >= 4 is 39.7 Å². The zero-order valence-corrected chi connectivity index (χ0v) is 17.0. The average molecular weight is 432 g/mol. The predicted octanol–water partition coefficient (Wildman–Crippen LogP) is 4.99. The maximum atomic E-state index is 13.6. The van der Waals surface area contributed by atoms with Crippen LogP contribution in [0, 0.1) is 5.82 Å². The van der Waals surface area contributed by atoms with Crippen molar-refractivity contribution in [2.24, 2.45) is 0 Å². The Balaban J connectivity index is 1.69. The minimum Gasteiger partial charge on any atom is -0.507 e. The fourth-order valence-electron chi connectivity index (χ4n) is 4.02. The summed E-state index contributed by atoms with van der Waals surface area (Å²) in [5.41, 5.74) is 1.79. The van der Waals surface area contributed by atoms with Crippen molar-refractivity contribution in [2.45, 2.75) is 12.6 Å². The first-order chi connectivity index (χ1) is 15.0. The van der Waals surface area contributed by atoms with Crippen LogP contribution >= 0.6 is 11.3 Å². The second-order valence-electron chi connectivity index (χ2n) is 7.31. The number of hydrogen-bond acceptors (Lipinski definition) is 4. The highest BCUT2D eigenvalue weighted by atomic mass is 32.1. The number of likely N-dealkylation sites (tertiary alicyclic amines) is 1. The number of amides is 1. The molecule has 1 fully saturated rings. The first-order valence-corrected chi connectivity index (χ1v) is 10.6. The first kappa shape index (κ1) is 19.3. The van der Waals surface area contributed by atoms with E-state index in [1.165, 1.54) is 40.5 Å². The molecular formula is C24H17FN2O3S. The van der Waals surface area contributed by atoms with Crippen molar-refractivity contribution in [2.75, 3.05) is 0 Å². The summed E-state index contributed by atoms with van der Waals surface area (Å²) in [6.07, 6.45) is 1.62. The molecule has 0 spiro atoms. The van der Waals surface area contributed by atoms with Gasteiger partial charge in [-0.15, -0.1) is 11.3 Å². The second-order valence-corrected chi connectivity index (χ2v) is 8.34. The van der Waals surface area contributed by atoms with E-state index < -0.39 is 23.5 Å². The van der Waals surface area contributed by atoms with E-state index >= 15 is 0 Å². The zero-order valence-electron chi connectivity index (χ0n) is 16.2. The number of carbonyl (C=O) groups excluding carboxylic acids is 2. The number of ketones is 1. The fourth-order valence-corrected chi connectivity index (χ4v) is 4.72. The second kappa shape index (κ2) is 7.52. The van der Waals surface area contributed by atoms with Crippen molar-refractivity contribution in [3.05, 3.63) is 99.6 Å². The molecule has 1 amide bonds. The van der Waals surface area contributed by atoms with E-state index in [9.17, 15) is 19.1 Å². The normalized spacial score (nSPS) is 18.2. The number of carbonyl (C=O) groups is 2. The lowest BCUT2D eigenvalue weighted by molar-refractivity contribution is -0.140. The van der Waals surface area contributed by atoms with E-state index in [1.54, 1.807) is 6.20 Å². The molecule has 0 saturated carbocycles. The lowest BCUT2D eigenvalue weighted by Crippen LogP contribution is -2.28. The van der Waals surface area contributed by atoms with E-state index in [1.807, 2.05) is 41.8 Å². The van der Waals surface area contributed by atoms with Gasteiger partial charge in [-0.1, -0.05) is 36.4 Å². The van der Waals surface area contributed by atoms with E-state index in [0.717, 1.165) is 15.8 Å². The van der Waals surface area contributed by atoms with Crippen molar-refractivity contribution < 1.29 is 19.1 Å². The molecule has 4 aromatic rings. The van der Waals surface area contributed by atoms with E-state index in [2.05, 4.69) is 4.98 Å². The van der Waals surface area contributed by atoms with E-state index in [4.69, 9.17) is 0 Å². The Labute approximate surface area is 181 Å². The van der Waals surface area contributed by atoms with Crippen molar-refractivity contribution in [1.82, 2.24) is 9.88 Å². The minimum atomic E-state index is -0.823. The number of nitrogens with zero attached hydrogens (tertiary/aromatic N) is 1. The third-order valence-electron chi connectivity index (χ3n) is 5.48. The summed E-state index contributed by atoms with van der Waals surface area (Å²) >= 11 is 1.47. The largest absolute Gasteiger partial charge is 0.507 e. The van der Waals surface area contributed by atoms with Gasteiger partial charge in [0.1, 0.15) is 11.6 Å². The molecule has 1 aliphatic rings. The Bertz CT molecular complexity index is 1320. The minimum absolute atomic E-state index is 0.00193. The fraction of sp³-hybridized carbons (Fsp3) is 0.0833. The van der Waals surface area contributed by atoms with Crippen LogP contribution in [0.3, 0.4) is 0 Å². The highest BCUT2D eigenvalue weighted by Crippen LogP contribution is 2.41. The number of aliphatic hydroxyl groups is 1. The van der Waals surface area contributed by atoms with Crippen LogP contribution in [0.1, 0.15) is 22.0 Å². The third-order valence-corrected chi connectivity index (χ3v) is 6.34. The van der Waals surface area contributed by atoms with E-state index in [0.29, 0.717) is 11.1 Å². The maximum absolute atomic E-state index is 13.6. The third kappa shape index (κ3) is 3.23. The summed E-state index contributed by atoms with van der Waals surface area (Å²) in [7, 11) is 0. The van der Waals surface area contributed by atoms with Gasteiger partial charge in [-0.25, -0.2) is 4.39 Å². The summed E-state index contributed by atoms with van der Waals surface area (Å²) in [6, 6.07) is 16.0. The van der Waals surface area contributed by atoms with Crippen molar-refractivity contribution in [3.63, 3.8) is 0 Å². The molecule has 0 bridgehead atoms. The van der Waals surface area contributed by atoms with Gasteiger partial charge in [-0.2, -0.15) is 0 Å². The summed E-state index contributed by atoms with van der Waals surface area (Å²) in [5.74, 6) is -2.12. The lowest BCUT2D eigenvalue weighted by atomic mass is 9.95. The number of nitrogens with one attached hydrogen (secondary N) is 1. The first-order valence-electron chi connectivity index (χ1n) is 9.67. The Morgan fingerprint density at radius 1 is 1.06 bits per heavy atom. The molecule has 5 nitrogen and oxygen atoms in total. The summed E-state index contributed by atoms with van der Waals surface area (Å²) < 4.78 is 13.6. The molecule has 2 aromatic heterocycles. The highest BCUT2D eigenvalue weighted by molar-refractivity contribution is 7.09. The molecule has 3 heterocycles. The van der Waals surface area contributed by atoms with Crippen molar-refractivity contribution in [1.29, 1.82) is 0 Å². The lowest BCUT2D eigenvalue weighted by Gasteiger charge is -2.24. The quantitative estimate of drug-likeness (QED) is 0.271. The summed E-state index contributed by atoms with van der Waals surface area (Å²) in [5, 5.41) is 13.8. The van der Waals surface area contributed by atoms with Gasteiger partial charge >= 0.3 is 0 Å². The average Bonchev–Trinajstić information content (AvgIpc) is 3.50. The SMILES string of the molecule is O=C1C(=O)N(Cc2cccs2)C(c2ccc(F)cc2)/C1=C(/O)c1c[nH]c2ccccc12. The number of thiophene rings is 1. The van der Waals surface area contributed by atoms with Crippen LogP contribution in [0.4, 0.5) is 4.39 Å². The Kier molecular flexibility index (Phi) is 4.67. The molecule has 0 radical (unpaired) electrons. The van der Waals surface area contributed by atoms with Crippen LogP contribution in [-0.4, -0.2) is 26.7 Å². The smallest absolute Gasteiger partial charge is 0.295 e. The molecule has 31 heavy (non-hydrogen) atoms. The number of para-hydroxylation sites is 1. The molecule has 2 N–H and O–H groups in total. The number of halogens is 1. The molecule has 5 rings (SSSR count). The van der Waals surface area contributed by atoms with Crippen LogP contribution < -0.4 is 0 Å². The molecule has 7 heteroatoms. The summed E-state index contributed by atoms with van der Waals surface area (Å²) in [6.45, 7) is 0.217. The number of hydrogen-bond donors (Lipinski definition) is 2. The molecule has 1 unspecified atom stereocenters. The number of aliphatic hydroxyl groups excluding tert-OH is 1. The molecule has 1 saturated heterocycles. The van der Waals surface area contributed by atoms with Gasteiger partial charge in [0.2, 0.25) is 0 Å². The Morgan fingerprint density at radius 3 is 2.58 bits per heavy atom. The molecule has 1 aliphatic heterocycles. The van der Waals surface area contributed by atoms with E-state index in [-0.39, 0.29) is 17.9 Å². The standard InChI is InChI=1S/C24H17FN2O3S/c25-15-9-7-14(8-10-15)21-20(22(28)18-12-26-19-6-2-1-5-17(18)19)23(29)24(30)27(21)13-16-4-3-11-31-16/h1-12,21,26,28H,13H2/b22-20-. The monoisotopic (exact) mass is 432 g/mol. The highest BCUT2D eigenvalue weighted by Gasteiger charge is 2.46. The van der Waals surface area contributed by atoms with Gasteiger partial charge in [-0.05, 0) is 35.2 Å². The van der Waals surface area contributed by atoms with Crippen LogP contribution in [0.15, 0.2) is 77.8 Å². The number of benzene rings is 2. The topological polar surface area (TPSA) is 73.4 Å². The summed E-state index contributed by atoms with van der Waals surface area (Å²) in [4.78, 5) is 31.5. The molecule has 154 valence electrons. The Hall–Kier alpha value is -3.71. The molecule has 2 aromatic carbocycles. The van der Waals surface area contributed by atoms with Gasteiger partial charge in [0.15, 0.2) is 0 Å². The maximum Gasteiger partial charge on any atom is 0.295 e. The predicted molar refractivity (Wildman–Crippen MR) is 117 cm³/mol. The van der Waals surface area contributed by atoms with Gasteiger partial charge in [0.05, 0.1) is 18.2 Å². The van der Waals surface area contributed by atoms with Crippen LogP contribution in [0.25, 0.3) is 16.7 Å². The van der Waals surface area contributed by atoms with Gasteiger partial charge in [-0.3, -0.25) is 9.59 Å². The number of Topliss-reactive ketones (excluding diaryl/α,β-unsaturated/α-hetero) is 1. The molecule has 0 aliphatic carbocycles. The van der Waals surface area contributed by atoms with Crippen LogP contribution in [-0.2, 0) is 16.1 Å². The molecule has 1 atom stereocenters. The number of aromatic nitrogens is 1. The van der Waals surface area contributed by atoms with Crippen LogP contribution in [0.5, 0.6) is 0 Å². The van der Waals surface area contributed by atoms with Gasteiger partial charge in [0, 0.05) is 27.5 Å². The number of rotatable bonds is 4. The van der Waals surface area contributed by atoms with Gasteiger partial charge < -0.3 is 15.0 Å². The number of H-pyrrole nitrogens is 1. The zero-order chi connectivity index (χ0) is 21.5.